The average molecular weight is 377 g/mol. The first-order chi connectivity index (χ1) is 12.5. The first-order valence-corrected chi connectivity index (χ1v) is 9.46. The van der Waals surface area contributed by atoms with E-state index in [0.29, 0.717) is 24.0 Å². The van der Waals surface area contributed by atoms with Crippen molar-refractivity contribution in [3.05, 3.63) is 23.8 Å². The van der Waals surface area contributed by atoms with E-state index in [0.717, 1.165) is 11.3 Å². The van der Waals surface area contributed by atoms with Crippen LogP contribution in [0.2, 0.25) is 0 Å². The molecule has 1 aliphatic heterocycles. The second kappa shape index (κ2) is 8.05. The Morgan fingerprint density at radius 1 is 1.35 bits per heavy atom. The number of nitrogens with zero attached hydrogens (tertiary/aromatic N) is 5. The van der Waals surface area contributed by atoms with Gasteiger partial charge in [0.2, 0.25) is 11.1 Å². The van der Waals surface area contributed by atoms with E-state index in [9.17, 15) is 4.79 Å². The van der Waals surface area contributed by atoms with E-state index in [1.807, 2.05) is 43.9 Å². The van der Waals surface area contributed by atoms with Crippen LogP contribution in [0, 0.1) is 6.92 Å². The minimum Gasteiger partial charge on any atom is -0.494 e. The molecule has 2 aromatic rings. The number of tetrazole rings is 1. The standard InChI is InChI=1S/C17H23N5O3S/c1-11-5-6-15(24-4)14(7-11)22-17(18-19-20-22)26-10-16(23)21-8-12(2)25-13(3)9-21/h5-7,12-13H,8-10H2,1-4H3. The molecule has 1 aromatic heterocycles. The van der Waals surface area contributed by atoms with Gasteiger partial charge in [-0.1, -0.05) is 17.8 Å². The fourth-order valence-electron chi connectivity index (χ4n) is 2.98. The Balaban J connectivity index is 1.72. The summed E-state index contributed by atoms with van der Waals surface area (Å²) in [6.07, 6.45) is 0.101. The highest BCUT2D eigenvalue weighted by atomic mass is 32.2. The van der Waals surface area contributed by atoms with Gasteiger partial charge in [-0.3, -0.25) is 4.79 Å². The largest absolute Gasteiger partial charge is 0.494 e. The molecule has 0 aliphatic carbocycles. The average Bonchev–Trinajstić information content (AvgIpc) is 3.07. The zero-order valence-electron chi connectivity index (χ0n) is 15.4. The lowest BCUT2D eigenvalue weighted by molar-refractivity contribution is -0.140. The van der Waals surface area contributed by atoms with Crippen LogP contribution in [0.15, 0.2) is 23.4 Å². The minimum absolute atomic E-state index is 0.0505. The third-order valence-electron chi connectivity index (χ3n) is 4.10. The number of hydrogen-bond acceptors (Lipinski definition) is 7. The Labute approximate surface area is 156 Å². The van der Waals surface area contributed by atoms with Crippen LogP contribution in [0.1, 0.15) is 19.4 Å². The molecule has 1 aromatic carbocycles. The first-order valence-electron chi connectivity index (χ1n) is 8.47. The number of methoxy groups -OCH3 is 1. The number of benzene rings is 1. The van der Waals surface area contributed by atoms with E-state index >= 15 is 0 Å². The predicted octanol–water partition coefficient (Wildman–Crippen LogP) is 1.71. The van der Waals surface area contributed by atoms with Crippen LogP contribution in [0.25, 0.3) is 5.69 Å². The maximum atomic E-state index is 12.6. The molecule has 2 unspecified atom stereocenters. The number of hydrogen-bond donors (Lipinski definition) is 0. The van der Waals surface area contributed by atoms with Crippen LogP contribution >= 0.6 is 11.8 Å². The van der Waals surface area contributed by atoms with Crippen molar-refractivity contribution in [2.45, 2.75) is 38.1 Å². The quantitative estimate of drug-likeness (QED) is 0.734. The number of aryl methyl sites for hydroxylation is 1. The number of rotatable bonds is 5. The number of amides is 1. The molecular weight excluding hydrogens is 354 g/mol. The summed E-state index contributed by atoms with van der Waals surface area (Å²) in [4.78, 5) is 14.4. The van der Waals surface area contributed by atoms with Crippen molar-refractivity contribution in [1.82, 2.24) is 25.1 Å². The van der Waals surface area contributed by atoms with Gasteiger partial charge in [0.1, 0.15) is 11.4 Å². The van der Waals surface area contributed by atoms with E-state index in [-0.39, 0.29) is 23.9 Å². The molecular formula is C17H23N5O3S. The lowest BCUT2D eigenvalue weighted by Gasteiger charge is -2.35. The van der Waals surface area contributed by atoms with Gasteiger partial charge in [0.25, 0.3) is 0 Å². The maximum Gasteiger partial charge on any atom is 0.233 e. The summed E-state index contributed by atoms with van der Waals surface area (Å²) < 4.78 is 12.7. The second-order valence-electron chi connectivity index (χ2n) is 6.39. The zero-order valence-corrected chi connectivity index (χ0v) is 16.2. The summed E-state index contributed by atoms with van der Waals surface area (Å²) in [7, 11) is 1.61. The van der Waals surface area contributed by atoms with Crippen molar-refractivity contribution in [3.8, 4) is 11.4 Å². The summed E-state index contributed by atoms with van der Waals surface area (Å²) >= 11 is 1.32. The van der Waals surface area contributed by atoms with Crippen molar-refractivity contribution in [2.24, 2.45) is 0 Å². The summed E-state index contributed by atoms with van der Waals surface area (Å²) in [5.74, 6) is 1.00. The van der Waals surface area contributed by atoms with Crippen LogP contribution in [-0.4, -0.2) is 69.2 Å². The molecule has 3 rings (SSSR count). The number of carbonyl (C=O) groups is 1. The molecule has 0 saturated carbocycles. The lowest BCUT2D eigenvalue weighted by Crippen LogP contribution is -2.48. The monoisotopic (exact) mass is 377 g/mol. The minimum atomic E-state index is 0.0505. The van der Waals surface area contributed by atoms with Gasteiger partial charge in [0, 0.05) is 13.1 Å². The van der Waals surface area contributed by atoms with Crippen LogP contribution in [0.3, 0.4) is 0 Å². The molecule has 26 heavy (non-hydrogen) atoms. The molecule has 8 nitrogen and oxygen atoms in total. The Morgan fingerprint density at radius 3 is 2.77 bits per heavy atom. The first kappa shape index (κ1) is 18.7. The summed E-state index contributed by atoms with van der Waals surface area (Å²) in [6.45, 7) is 7.17. The Kier molecular flexibility index (Phi) is 5.77. The summed E-state index contributed by atoms with van der Waals surface area (Å²) in [6, 6.07) is 5.79. The number of morpholine rings is 1. The third-order valence-corrected chi connectivity index (χ3v) is 5.00. The molecule has 1 fully saturated rings. The van der Waals surface area contributed by atoms with Crippen LogP contribution < -0.4 is 4.74 Å². The van der Waals surface area contributed by atoms with E-state index in [4.69, 9.17) is 9.47 Å². The molecule has 2 atom stereocenters. The van der Waals surface area contributed by atoms with Gasteiger partial charge in [0.05, 0.1) is 25.1 Å². The van der Waals surface area contributed by atoms with Crippen LogP contribution in [-0.2, 0) is 9.53 Å². The van der Waals surface area contributed by atoms with Crippen LogP contribution in [0.5, 0.6) is 5.75 Å². The fraction of sp³-hybridized carbons (Fsp3) is 0.529. The molecule has 140 valence electrons. The van der Waals surface area contributed by atoms with Crippen molar-refractivity contribution in [3.63, 3.8) is 0 Å². The van der Waals surface area contributed by atoms with Gasteiger partial charge in [0.15, 0.2) is 0 Å². The number of thioether (sulfide) groups is 1. The number of aromatic nitrogens is 4. The smallest absolute Gasteiger partial charge is 0.233 e. The van der Waals surface area contributed by atoms with E-state index in [1.165, 1.54) is 11.8 Å². The molecule has 1 aliphatic rings. The fourth-order valence-corrected chi connectivity index (χ4v) is 3.77. The van der Waals surface area contributed by atoms with Gasteiger partial charge >= 0.3 is 0 Å². The predicted molar refractivity (Wildman–Crippen MR) is 97.8 cm³/mol. The molecule has 9 heteroatoms. The number of carbonyl (C=O) groups excluding carboxylic acids is 1. The molecule has 0 radical (unpaired) electrons. The zero-order chi connectivity index (χ0) is 18.7. The maximum absolute atomic E-state index is 12.6. The summed E-state index contributed by atoms with van der Waals surface area (Å²) in [5.41, 5.74) is 1.82. The highest BCUT2D eigenvalue weighted by Gasteiger charge is 2.26. The molecule has 0 N–H and O–H groups in total. The lowest BCUT2D eigenvalue weighted by atomic mass is 10.2. The topological polar surface area (TPSA) is 82.4 Å². The van der Waals surface area contributed by atoms with Gasteiger partial charge < -0.3 is 14.4 Å². The highest BCUT2D eigenvalue weighted by molar-refractivity contribution is 7.99. The third kappa shape index (κ3) is 4.16. The van der Waals surface area contributed by atoms with Crippen molar-refractivity contribution in [2.75, 3.05) is 26.0 Å². The van der Waals surface area contributed by atoms with E-state index in [1.54, 1.807) is 11.8 Å². The van der Waals surface area contributed by atoms with Crippen molar-refractivity contribution >= 4 is 17.7 Å². The summed E-state index contributed by atoms with van der Waals surface area (Å²) in [5, 5.41) is 12.4. The molecule has 2 heterocycles. The van der Waals surface area contributed by atoms with Crippen LogP contribution in [0.4, 0.5) is 0 Å². The SMILES string of the molecule is COc1ccc(C)cc1-n1nnnc1SCC(=O)N1CC(C)OC(C)C1. The molecule has 0 bridgehead atoms. The highest BCUT2D eigenvalue weighted by Crippen LogP contribution is 2.27. The van der Waals surface area contributed by atoms with Gasteiger partial charge in [-0.25, -0.2) is 0 Å². The molecule has 1 amide bonds. The van der Waals surface area contributed by atoms with Gasteiger partial charge in [-0.05, 0) is 48.9 Å². The van der Waals surface area contributed by atoms with E-state index < -0.39 is 0 Å². The Hall–Kier alpha value is -2.13. The normalized spacial score (nSPS) is 20.2. The molecule has 1 saturated heterocycles. The van der Waals surface area contributed by atoms with Crippen molar-refractivity contribution in [1.29, 1.82) is 0 Å². The Morgan fingerprint density at radius 2 is 2.08 bits per heavy atom. The number of ether oxygens (including phenoxy) is 2. The molecule has 0 spiro atoms. The van der Waals surface area contributed by atoms with Crippen molar-refractivity contribution < 1.29 is 14.3 Å². The van der Waals surface area contributed by atoms with Gasteiger partial charge in [-0.15, -0.1) is 5.10 Å². The second-order valence-corrected chi connectivity index (χ2v) is 7.34. The Bertz CT molecular complexity index is 772. The van der Waals surface area contributed by atoms with Gasteiger partial charge in [-0.2, -0.15) is 4.68 Å². The van der Waals surface area contributed by atoms with E-state index in [2.05, 4.69) is 15.5 Å².